The Morgan fingerprint density at radius 1 is 1.56 bits per heavy atom. The number of likely N-dealkylation sites (N-methyl/N-ethyl adjacent to an activating group) is 2. The molecule has 1 aliphatic heterocycles. The predicted octanol–water partition coefficient (Wildman–Crippen LogP) is 1.10. The zero-order valence-corrected chi connectivity index (χ0v) is 10.8. The van der Waals surface area contributed by atoms with Gasteiger partial charge in [0.05, 0.1) is 12.7 Å². The van der Waals surface area contributed by atoms with E-state index in [-0.39, 0.29) is 0 Å². The summed E-state index contributed by atoms with van der Waals surface area (Å²) in [5, 5.41) is 3.51. The smallest absolute Gasteiger partial charge is 0.0855 e. The lowest BCUT2D eigenvalue weighted by molar-refractivity contribution is -0.0393. The summed E-state index contributed by atoms with van der Waals surface area (Å²) >= 11 is 0. The second-order valence-electron chi connectivity index (χ2n) is 4.30. The number of nitrogens with one attached hydrogen (secondary N) is 1. The first-order valence-corrected chi connectivity index (χ1v) is 6.21. The Morgan fingerprint density at radius 2 is 2.38 bits per heavy atom. The van der Waals surface area contributed by atoms with Crippen LogP contribution in [0.15, 0.2) is 0 Å². The van der Waals surface area contributed by atoms with E-state index in [1.807, 2.05) is 6.92 Å². The van der Waals surface area contributed by atoms with Gasteiger partial charge in [-0.05, 0) is 26.9 Å². The molecule has 1 heterocycles. The molecule has 1 aliphatic rings. The first kappa shape index (κ1) is 13.5. The molecular weight excluding hydrogens is 200 g/mol. The summed E-state index contributed by atoms with van der Waals surface area (Å²) in [5.41, 5.74) is 0. The largest absolute Gasteiger partial charge is 0.374 e. The van der Waals surface area contributed by atoms with Crippen LogP contribution in [0.3, 0.4) is 0 Å². The van der Waals surface area contributed by atoms with Crippen molar-refractivity contribution in [2.24, 2.45) is 0 Å². The van der Waals surface area contributed by atoms with Crippen molar-refractivity contribution in [2.45, 2.75) is 38.8 Å². The second kappa shape index (κ2) is 7.67. The molecule has 0 amide bonds. The Kier molecular flexibility index (Phi) is 6.47. The van der Waals surface area contributed by atoms with Crippen LogP contribution in [0.2, 0.25) is 0 Å². The van der Waals surface area contributed by atoms with Crippen LogP contribution in [0.25, 0.3) is 0 Å². The standard InChI is InChI=1S/C13H24N2O/c1-4-6-7-8-12(14-5-2)13-11-15(3)9-10-16-13/h12-14H,5,7-11H2,1-3H3. The lowest BCUT2D eigenvalue weighted by Crippen LogP contribution is -2.51. The van der Waals surface area contributed by atoms with Crippen molar-refractivity contribution in [2.75, 3.05) is 33.3 Å². The number of ether oxygens (including phenoxy) is 1. The number of hydrogen-bond donors (Lipinski definition) is 1. The maximum atomic E-state index is 5.84. The van der Waals surface area contributed by atoms with Crippen LogP contribution in [-0.2, 0) is 4.74 Å². The molecule has 92 valence electrons. The van der Waals surface area contributed by atoms with Crippen LogP contribution in [0.4, 0.5) is 0 Å². The average Bonchev–Trinajstić information content (AvgIpc) is 2.28. The molecule has 1 fully saturated rings. The minimum absolute atomic E-state index is 0.317. The molecule has 0 spiro atoms. The van der Waals surface area contributed by atoms with Gasteiger partial charge in [0.1, 0.15) is 0 Å². The van der Waals surface area contributed by atoms with Crippen molar-refractivity contribution in [1.29, 1.82) is 0 Å². The molecule has 0 saturated carbocycles. The molecule has 1 rings (SSSR count). The molecule has 1 saturated heterocycles. The topological polar surface area (TPSA) is 24.5 Å². The highest BCUT2D eigenvalue weighted by Gasteiger charge is 2.25. The van der Waals surface area contributed by atoms with Gasteiger partial charge in [0, 0.05) is 25.6 Å². The van der Waals surface area contributed by atoms with Gasteiger partial charge in [-0.15, -0.1) is 11.8 Å². The molecule has 0 aromatic rings. The lowest BCUT2D eigenvalue weighted by atomic mass is 10.0. The predicted molar refractivity (Wildman–Crippen MR) is 67.4 cm³/mol. The van der Waals surface area contributed by atoms with Gasteiger partial charge in [0.25, 0.3) is 0 Å². The van der Waals surface area contributed by atoms with Crippen LogP contribution in [0.1, 0.15) is 26.7 Å². The van der Waals surface area contributed by atoms with Gasteiger partial charge in [0.2, 0.25) is 0 Å². The zero-order valence-electron chi connectivity index (χ0n) is 10.8. The van der Waals surface area contributed by atoms with Crippen molar-refractivity contribution in [3.63, 3.8) is 0 Å². The third kappa shape index (κ3) is 4.52. The van der Waals surface area contributed by atoms with Crippen LogP contribution in [0.5, 0.6) is 0 Å². The van der Waals surface area contributed by atoms with Crippen molar-refractivity contribution in [3.05, 3.63) is 0 Å². The van der Waals surface area contributed by atoms with Gasteiger partial charge < -0.3 is 15.0 Å². The molecule has 1 N–H and O–H groups in total. The van der Waals surface area contributed by atoms with Crippen molar-refractivity contribution >= 4 is 0 Å². The van der Waals surface area contributed by atoms with Gasteiger partial charge in [-0.1, -0.05) is 6.92 Å². The third-order valence-electron chi connectivity index (χ3n) is 2.97. The first-order chi connectivity index (χ1) is 7.77. The molecule has 3 heteroatoms. The van der Waals surface area contributed by atoms with E-state index in [4.69, 9.17) is 4.74 Å². The van der Waals surface area contributed by atoms with Crippen molar-refractivity contribution < 1.29 is 4.74 Å². The molecule has 16 heavy (non-hydrogen) atoms. The fraction of sp³-hybridized carbons (Fsp3) is 0.846. The molecule has 0 aromatic carbocycles. The van der Waals surface area contributed by atoms with Gasteiger partial charge in [-0.2, -0.15) is 0 Å². The molecule has 0 bridgehead atoms. The van der Waals surface area contributed by atoms with Gasteiger partial charge >= 0.3 is 0 Å². The Hall–Kier alpha value is -0.560. The summed E-state index contributed by atoms with van der Waals surface area (Å²) in [4.78, 5) is 2.34. The Balaban J connectivity index is 2.42. The van der Waals surface area contributed by atoms with E-state index >= 15 is 0 Å². The Morgan fingerprint density at radius 3 is 3.00 bits per heavy atom. The Labute approximate surface area is 99.5 Å². The molecule has 3 nitrogen and oxygen atoms in total. The summed E-state index contributed by atoms with van der Waals surface area (Å²) in [6.45, 7) is 7.95. The van der Waals surface area contributed by atoms with Gasteiger partial charge in [-0.25, -0.2) is 0 Å². The molecule has 0 aromatic heterocycles. The second-order valence-corrected chi connectivity index (χ2v) is 4.30. The van der Waals surface area contributed by atoms with E-state index < -0.39 is 0 Å². The highest BCUT2D eigenvalue weighted by Crippen LogP contribution is 2.11. The molecular formula is C13H24N2O. The normalized spacial score (nSPS) is 23.6. The Bertz CT molecular complexity index is 244. The number of nitrogens with zero attached hydrogens (tertiary/aromatic N) is 1. The van der Waals surface area contributed by atoms with E-state index in [2.05, 4.69) is 36.0 Å². The van der Waals surface area contributed by atoms with Crippen LogP contribution >= 0.6 is 0 Å². The van der Waals surface area contributed by atoms with Crippen LogP contribution < -0.4 is 5.32 Å². The highest BCUT2D eigenvalue weighted by molar-refractivity contribution is 4.96. The molecule has 0 aliphatic carbocycles. The first-order valence-electron chi connectivity index (χ1n) is 6.21. The fourth-order valence-corrected chi connectivity index (χ4v) is 2.09. The highest BCUT2D eigenvalue weighted by atomic mass is 16.5. The SMILES string of the molecule is CC#CCCC(NCC)C1CN(C)CCO1. The van der Waals surface area contributed by atoms with Gasteiger partial charge in [-0.3, -0.25) is 0 Å². The molecule has 2 atom stereocenters. The quantitative estimate of drug-likeness (QED) is 0.708. The van der Waals surface area contributed by atoms with E-state index in [1.54, 1.807) is 0 Å². The van der Waals surface area contributed by atoms with Crippen molar-refractivity contribution in [3.8, 4) is 11.8 Å². The minimum atomic E-state index is 0.317. The third-order valence-corrected chi connectivity index (χ3v) is 2.97. The summed E-state index contributed by atoms with van der Waals surface area (Å²) in [5.74, 6) is 6.08. The van der Waals surface area contributed by atoms with Gasteiger partial charge in [0.15, 0.2) is 0 Å². The fourth-order valence-electron chi connectivity index (χ4n) is 2.09. The van der Waals surface area contributed by atoms with Crippen molar-refractivity contribution in [1.82, 2.24) is 10.2 Å². The summed E-state index contributed by atoms with van der Waals surface area (Å²) < 4.78 is 5.84. The average molecular weight is 224 g/mol. The van der Waals surface area contributed by atoms with E-state index in [0.29, 0.717) is 12.1 Å². The zero-order chi connectivity index (χ0) is 11.8. The summed E-state index contributed by atoms with van der Waals surface area (Å²) in [7, 11) is 2.16. The summed E-state index contributed by atoms with van der Waals surface area (Å²) in [6, 6.07) is 0.439. The van der Waals surface area contributed by atoms with E-state index in [0.717, 1.165) is 39.1 Å². The van der Waals surface area contributed by atoms with E-state index in [1.165, 1.54) is 0 Å². The number of morpholine rings is 1. The molecule has 2 unspecified atom stereocenters. The van der Waals surface area contributed by atoms with Crippen LogP contribution in [-0.4, -0.2) is 50.3 Å². The molecule has 0 radical (unpaired) electrons. The van der Waals surface area contributed by atoms with E-state index in [9.17, 15) is 0 Å². The number of hydrogen-bond acceptors (Lipinski definition) is 3. The monoisotopic (exact) mass is 224 g/mol. The minimum Gasteiger partial charge on any atom is -0.374 e. The summed E-state index contributed by atoms with van der Waals surface area (Å²) in [6.07, 6.45) is 2.35. The maximum Gasteiger partial charge on any atom is 0.0855 e. The maximum absolute atomic E-state index is 5.84. The lowest BCUT2D eigenvalue weighted by Gasteiger charge is -2.35. The number of rotatable bonds is 5. The van der Waals surface area contributed by atoms with Crippen LogP contribution in [0, 0.1) is 11.8 Å².